The molecule has 1 spiro atoms. The van der Waals surface area contributed by atoms with E-state index in [9.17, 15) is 4.79 Å². The Morgan fingerprint density at radius 3 is 2.15 bits per heavy atom. The number of fused-ring (bicyclic) bond motifs is 2. The first kappa shape index (κ1) is 14.0. The van der Waals surface area contributed by atoms with Crippen LogP contribution in [0.4, 0.5) is 0 Å². The smallest absolute Gasteiger partial charge is 0.233 e. The van der Waals surface area contributed by atoms with Gasteiger partial charge in [-0.15, -0.1) is 11.8 Å². The summed E-state index contributed by atoms with van der Waals surface area (Å²) < 4.78 is 0. The topological polar surface area (TPSA) is 20.3 Å². The first-order valence-electron chi connectivity index (χ1n) is 7.23. The van der Waals surface area contributed by atoms with Gasteiger partial charge in [0.25, 0.3) is 0 Å². The average Bonchev–Trinajstić information content (AvgIpc) is 2.41. The Hall–Kier alpha value is -0.960. The highest BCUT2D eigenvalue weighted by molar-refractivity contribution is 8.02. The van der Waals surface area contributed by atoms with Crippen molar-refractivity contribution in [3.8, 4) is 0 Å². The maximum atomic E-state index is 12.9. The van der Waals surface area contributed by atoms with Gasteiger partial charge in [0.2, 0.25) is 5.91 Å². The molecule has 1 fully saturated rings. The first-order valence-corrected chi connectivity index (χ1v) is 8.11. The predicted octanol–water partition coefficient (Wildman–Crippen LogP) is 3.75. The van der Waals surface area contributed by atoms with Gasteiger partial charge < -0.3 is 4.90 Å². The van der Waals surface area contributed by atoms with Gasteiger partial charge in [-0.2, -0.15) is 0 Å². The van der Waals surface area contributed by atoms with E-state index < -0.39 is 5.41 Å². The van der Waals surface area contributed by atoms with Crippen LogP contribution in [-0.2, 0) is 15.1 Å². The molecule has 0 radical (unpaired) electrons. The number of carbonyl (C=O) groups excluding carboxylic acids is 1. The van der Waals surface area contributed by atoms with Crippen LogP contribution in [0.15, 0.2) is 24.3 Å². The van der Waals surface area contributed by atoms with Gasteiger partial charge >= 0.3 is 0 Å². The molecular weight excluding hydrogens is 266 g/mol. The van der Waals surface area contributed by atoms with Crippen molar-refractivity contribution in [3.05, 3.63) is 35.4 Å². The van der Waals surface area contributed by atoms with Crippen LogP contribution < -0.4 is 0 Å². The molecule has 0 aromatic heterocycles. The maximum absolute atomic E-state index is 12.9. The van der Waals surface area contributed by atoms with Gasteiger partial charge in [-0.1, -0.05) is 45.0 Å². The molecule has 3 heteroatoms. The summed E-state index contributed by atoms with van der Waals surface area (Å²) >= 11 is 1.92. The molecule has 1 amide bonds. The van der Waals surface area contributed by atoms with E-state index in [-0.39, 0.29) is 16.2 Å². The van der Waals surface area contributed by atoms with Gasteiger partial charge in [-0.25, -0.2) is 0 Å². The second-order valence-corrected chi connectivity index (χ2v) is 8.69. The lowest BCUT2D eigenvalue weighted by Gasteiger charge is -2.66. The van der Waals surface area contributed by atoms with E-state index in [1.807, 2.05) is 43.6 Å². The molecule has 0 bridgehead atoms. The van der Waals surface area contributed by atoms with Crippen LogP contribution in [0, 0.1) is 5.41 Å². The van der Waals surface area contributed by atoms with E-state index in [0.717, 1.165) is 0 Å². The van der Waals surface area contributed by atoms with Gasteiger partial charge in [0, 0.05) is 17.7 Å². The Morgan fingerprint density at radius 1 is 1.10 bits per heavy atom. The van der Waals surface area contributed by atoms with Crippen LogP contribution in [0.5, 0.6) is 0 Å². The van der Waals surface area contributed by atoms with Crippen molar-refractivity contribution in [2.75, 3.05) is 7.05 Å². The molecule has 2 atom stereocenters. The number of carbonyl (C=O) groups is 1. The number of hydrogen-bond donors (Lipinski definition) is 0. The van der Waals surface area contributed by atoms with E-state index in [1.54, 1.807) is 0 Å². The molecule has 2 unspecified atom stereocenters. The molecule has 0 N–H and O–H groups in total. The van der Waals surface area contributed by atoms with Crippen LogP contribution in [0.25, 0.3) is 0 Å². The number of rotatable bonds is 0. The molecule has 20 heavy (non-hydrogen) atoms. The summed E-state index contributed by atoms with van der Waals surface area (Å²) in [6.07, 6.45) is 0. The monoisotopic (exact) mass is 289 g/mol. The number of amides is 1. The van der Waals surface area contributed by atoms with Gasteiger partial charge in [-0.3, -0.25) is 4.79 Å². The molecule has 1 aromatic rings. The van der Waals surface area contributed by atoms with E-state index in [1.165, 1.54) is 11.1 Å². The largest absolute Gasteiger partial charge is 0.326 e. The van der Waals surface area contributed by atoms with Crippen molar-refractivity contribution in [2.24, 2.45) is 5.41 Å². The van der Waals surface area contributed by atoms with Crippen LogP contribution in [0.2, 0.25) is 0 Å². The molecule has 108 valence electrons. The lowest BCUT2D eigenvalue weighted by Crippen LogP contribution is -2.69. The summed E-state index contributed by atoms with van der Waals surface area (Å²) in [5, 5.41) is 0.548. The summed E-state index contributed by atoms with van der Waals surface area (Å²) in [6.45, 7) is 10.9. The standard InChI is InChI=1S/C17H23NOS/c1-11-16(4,5)17(20-11)13-10-8-7-9-12(13)15(2,3)14(19)18(17)6/h7-11H,1-6H3. The number of hydrogen-bond acceptors (Lipinski definition) is 2. The normalized spacial score (nSPS) is 33.8. The van der Waals surface area contributed by atoms with Gasteiger partial charge in [0.15, 0.2) is 0 Å². The van der Waals surface area contributed by atoms with Crippen LogP contribution in [0.1, 0.15) is 45.7 Å². The molecule has 2 nitrogen and oxygen atoms in total. The number of benzene rings is 1. The summed E-state index contributed by atoms with van der Waals surface area (Å²) in [7, 11) is 1.97. The zero-order valence-electron chi connectivity index (χ0n) is 13.2. The third-order valence-electron chi connectivity index (χ3n) is 5.51. The minimum atomic E-state index is -0.438. The Kier molecular flexibility index (Phi) is 2.67. The van der Waals surface area contributed by atoms with Crippen molar-refractivity contribution >= 4 is 17.7 Å². The highest BCUT2D eigenvalue weighted by Gasteiger charge is 2.67. The Labute approximate surface area is 125 Å². The highest BCUT2D eigenvalue weighted by Crippen LogP contribution is 2.69. The van der Waals surface area contributed by atoms with Crippen molar-refractivity contribution in [3.63, 3.8) is 0 Å². The summed E-state index contributed by atoms with van der Waals surface area (Å²) in [6, 6.07) is 8.48. The molecule has 2 aliphatic rings. The third-order valence-corrected chi connectivity index (χ3v) is 7.82. The maximum Gasteiger partial charge on any atom is 0.233 e. The fraction of sp³-hybridized carbons (Fsp3) is 0.588. The van der Waals surface area contributed by atoms with Crippen LogP contribution in [-0.4, -0.2) is 23.1 Å². The summed E-state index contributed by atoms with van der Waals surface area (Å²) in [4.78, 5) is 14.7. The Morgan fingerprint density at radius 2 is 1.65 bits per heavy atom. The molecule has 3 rings (SSSR count). The zero-order valence-corrected chi connectivity index (χ0v) is 14.0. The predicted molar refractivity (Wildman–Crippen MR) is 84.8 cm³/mol. The quantitative estimate of drug-likeness (QED) is 0.725. The van der Waals surface area contributed by atoms with Crippen molar-refractivity contribution in [2.45, 2.75) is 50.2 Å². The third kappa shape index (κ3) is 1.30. The van der Waals surface area contributed by atoms with Crippen molar-refractivity contribution < 1.29 is 4.79 Å². The SMILES string of the molecule is CC1SC2(c3ccccc3C(C)(C)C(=O)N2C)C1(C)C. The average molecular weight is 289 g/mol. The summed E-state index contributed by atoms with van der Waals surface area (Å²) in [5.74, 6) is 0.226. The van der Waals surface area contributed by atoms with E-state index in [2.05, 4.69) is 39.0 Å². The van der Waals surface area contributed by atoms with Crippen molar-refractivity contribution in [1.29, 1.82) is 0 Å². The molecule has 1 saturated heterocycles. The van der Waals surface area contributed by atoms with Gasteiger partial charge in [-0.05, 0) is 25.0 Å². The number of likely N-dealkylation sites (N-methyl/N-ethyl adjacent to an activating group) is 1. The molecular formula is C17H23NOS. The second-order valence-electron chi connectivity index (χ2n) is 7.16. The fourth-order valence-electron chi connectivity index (χ4n) is 3.88. The molecule has 2 heterocycles. The van der Waals surface area contributed by atoms with E-state index in [0.29, 0.717) is 5.25 Å². The van der Waals surface area contributed by atoms with Crippen LogP contribution in [0.3, 0.4) is 0 Å². The van der Waals surface area contributed by atoms with Crippen molar-refractivity contribution in [1.82, 2.24) is 4.90 Å². The molecule has 2 aliphatic heterocycles. The number of thioether (sulfide) groups is 1. The van der Waals surface area contributed by atoms with E-state index in [4.69, 9.17) is 0 Å². The van der Waals surface area contributed by atoms with Crippen LogP contribution >= 0.6 is 11.8 Å². The molecule has 0 saturated carbocycles. The lowest BCUT2D eigenvalue weighted by atomic mass is 9.66. The zero-order chi connectivity index (χ0) is 14.9. The highest BCUT2D eigenvalue weighted by atomic mass is 32.2. The Balaban J connectivity index is 2.31. The van der Waals surface area contributed by atoms with Gasteiger partial charge in [0.05, 0.1) is 5.41 Å². The minimum absolute atomic E-state index is 0.0781. The van der Waals surface area contributed by atoms with Gasteiger partial charge in [0.1, 0.15) is 4.87 Å². The van der Waals surface area contributed by atoms with E-state index >= 15 is 0 Å². The lowest BCUT2D eigenvalue weighted by molar-refractivity contribution is -0.145. The second kappa shape index (κ2) is 3.82. The number of nitrogens with zero attached hydrogens (tertiary/aromatic N) is 1. The molecule has 1 aromatic carbocycles. The molecule has 0 aliphatic carbocycles. The minimum Gasteiger partial charge on any atom is -0.326 e. The first-order chi connectivity index (χ1) is 9.17. The Bertz CT molecular complexity index is 592. The fourth-order valence-corrected chi connectivity index (χ4v) is 5.69. The summed E-state index contributed by atoms with van der Waals surface area (Å²) in [5.41, 5.74) is 2.15.